The van der Waals surface area contributed by atoms with E-state index < -0.39 is 0 Å². The van der Waals surface area contributed by atoms with Gasteiger partial charge in [0, 0.05) is 33.4 Å². The Labute approximate surface area is 139 Å². The number of aliphatic imine (C=N–C) groups is 1. The minimum Gasteiger partial charge on any atom is -0.379 e. The maximum absolute atomic E-state index is 5.75. The minimum atomic E-state index is 0.289. The predicted molar refractivity (Wildman–Crippen MR) is 93.9 cm³/mol. The van der Waals surface area contributed by atoms with Gasteiger partial charge in [0.1, 0.15) is 0 Å². The Morgan fingerprint density at radius 3 is 2.91 bits per heavy atom. The molecule has 0 aliphatic carbocycles. The third-order valence-corrected chi connectivity index (χ3v) is 4.02. The highest BCUT2D eigenvalue weighted by Gasteiger charge is 2.15. The molecule has 0 bridgehead atoms. The maximum atomic E-state index is 5.75. The summed E-state index contributed by atoms with van der Waals surface area (Å²) in [6, 6.07) is 6.52. The number of guanidine groups is 1. The van der Waals surface area contributed by atoms with Crippen molar-refractivity contribution in [2.45, 2.75) is 39.3 Å². The Morgan fingerprint density at radius 1 is 1.35 bits per heavy atom. The van der Waals surface area contributed by atoms with Crippen molar-refractivity contribution >= 4 is 5.96 Å². The van der Waals surface area contributed by atoms with Crippen molar-refractivity contribution in [3.63, 3.8) is 0 Å². The summed E-state index contributed by atoms with van der Waals surface area (Å²) >= 11 is 0. The topological polar surface area (TPSA) is 54.9 Å². The lowest BCUT2D eigenvalue weighted by molar-refractivity contribution is 0.0420. The highest BCUT2D eigenvalue weighted by atomic mass is 16.5. The number of aryl methyl sites for hydroxylation is 2. The summed E-state index contributed by atoms with van der Waals surface area (Å²) in [7, 11) is 1.80. The van der Waals surface area contributed by atoms with Gasteiger partial charge < -0.3 is 20.1 Å². The van der Waals surface area contributed by atoms with Crippen LogP contribution >= 0.6 is 0 Å². The zero-order valence-corrected chi connectivity index (χ0v) is 14.5. The summed E-state index contributed by atoms with van der Waals surface area (Å²) in [6.45, 7) is 8.22. The first-order valence-electron chi connectivity index (χ1n) is 8.39. The second-order valence-corrected chi connectivity index (χ2v) is 5.99. The number of benzene rings is 1. The zero-order valence-electron chi connectivity index (χ0n) is 14.5. The standard InChI is InChI=1S/C18H29N3O2/c1-14-5-6-16(15(2)11-14)12-21-18(19-3)20-8-4-9-23-17-7-10-22-13-17/h5-6,11,17H,4,7-10,12-13H2,1-3H3,(H2,19,20,21). The van der Waals surface area contributed by atoms with Crippen molar-refractivity contribution in [3.8, 4) is 0 Å². The van der Waals surface area contributed by atoms with Crippen molar-refractivity contribution in [1.82, 2.24) is 10.6 Å². The summed E-state index contributed by atoms with van der Waals surface area (Å²) < 4.78 is 11.0. The van der Waals surface area contributed by atoms with Gasteiger partial charge >= 0.3 is 0 Å². The van der Waals surface area contributed by atoms with Gasteiger partial charge in [-0.05, 0) is 37.8 Å². The van der Waals surface area contributed by atoms with Crippen molar-refractivity contribution in [2.75, 3.05) is 33.4 Å². The second-order valence-electron chi connectivity index (χ2n) is 5.99. The van der Waals surface area contributed by atoms with Gasteiger partial charge in [-0.3, -0.25) is 4.99 Å². The molecule has 1 heterocycles. The molecule has 0 spiro atoms. The van der Waals surface area contributed by atoms with Gasteiger partial charge in [0.15, 0.2) is 5.96 Å². The average Bonchev–Trinajstić information content (AvgIpc) is 3.05. The van der Waals surface area contributed by atoms with Gasteiger partial charge in [0.2, 0.25) is 0 Å². The second kappa shape index (κ2) is 9.53. The van der Waals surface area contributed by atoms with E-state index >= 15 is 0 Å². The summed E-state index contributed by atoms with van der Waals surface area (Å²) in [4.78, 5) is 4.26. The Morgan fingerprint density at radius 2 is 2.22 bits per heavy atom. The van der Waals surface area contributed by atoms with E-state index in [-0.39, 0.29) is 6.10 Å². The molecule has 2 N–H and O–H groups in total. The van der Waals surface area contributed by atoms with Crippen LogP contribution in [0, 0.1) is 13.8 Å². The average molecular weight is 319 g/mol. The molecule has 1 aliphatic heterocycles. The van der Waals surface area contributed by atoms with E-state index in [0.29, 0.717) is 0 Å². The van der Waals surface area contributed by atoms with Crippen LogP contribution in [0.4, 0.5) is 0 Å². The molecule has 5 heteroatoms. The number of rotatable bonds is 7. The number of ether oxygens (including phenoxy) is 2. The zero-order chi connectivity index (χ0) is 16.5. The Hall–Kier alpha value is -1.59. The van der Waals surface area contributed by atoms with Crippen molar-refractivity contribution in [2.24, 2.45) is 4.99 Å². The molecule has 1 saturated heterocycles. The van der Waals surface area contributed by atoms with Crippen LogP contribution in [0.5, 0.6) is 0 Å². The summed E-state index contributed by atoms with van der Waals surface area (Å²) in [5.41, 5.74) is 3.89. The van der Waals surface area contributed by atoms with Crippen LogP contribution in [-0.2, 0) is 16.0 Å². The first-order chi connectivity index (χ1) is 11.2. The molecule has 1 atom stereocenters. The van der Waals surface area contributed by atoms with Gasteiger partial charge in [-0.25, -0.2) is 0 Å². The molecule has 5 nitrogen and oxygen atoms in total. The van der Waals surface area contributed by atoms with Gasteiger partial charge in [0.25, 0.3) is 0 Å². The number of nitrogens with one attached hydrogen (secondary N) is 2. The van der Waals surface area contributed by atoms with E-state index in [4.69, 9.17) is 9.47 Å². The molecule has 23 heavy (non-hydrogen) atoms. The van der Waals surface area contributed by atoms with Crippen LogP contribution in [0.25, 0.3) is 0 Å². The van der Waals surface area contributed by atoms with Crippen molar-refractivity contribution in [3.05, 3.63) is 34.9 Å². The SMILES string of the molecule is CN=C(NCCCOC1CCOC1)NCc1ccc(C)cc1C. The molecule has 0 saturated carbocycles. The number of nitrogens with zero attached hydrogens (tertiary/aromatic N) is 1. The van der Waals surface area contributed by atoms with Crippen LogP contribution in [0.3, 0.4) is 0 Å². The first-order valence-corrected chi connectivity index (χ1v) is 8.39. The molecular weight excluding hydrogens is 290 g/mol. The predicted octanol–water partition coefficient (Wildman–Crippen LogP) is 2.16. The van der Waals surface area contributed by atoms with Gasteiger partial charge in [-0.15, -0.1) is 0 Å². The van der Waals surface area contributed by atoms with E-state index in [2.05, 4.69) is 47.7 Å². The van der Waals surface area contributed by atoms with Crippen molar-refractivity contribution in [1.29, 1.82) is 0 Å². The normalized spacial score (nSPS) is 18.2. The highest BCUT2D eigenvalue weighted by Crippen LogP contribution is 2.10. The molecule has 0 radical (unpaired) electrons. The van der Waals surface area contributed by atoms with Crippen LogP contribution in [0.1, 0.15) is 29.5 Å². The Kier molecular flexibility index (Phi) is 7.36. The molecule has 2 rings (SSSR count). The molecule has 1 aromatic carbocycles. The molecule has 1 fully saturated rings. The smallest absolute Gasteiger partial charge is 0.191 e. The van der Waals surface area contributed by atoms with Crippen molar-refractivity contribution < 1.29 is 9.47 Å². The van der Waals surface area contributed by atoms with E-state index in [9.17, 15) is 0 Å². The summed E-state index contributed by atoms with van der Waals surface area (Å²) in [5.74, 6) is 0.828. The lowest BCUT2D eigenvalue weighted by Crippen LogP contribution is -2.37. The lowest BCUT2D eigenvalue weighted by Gasteiger charge is -2.14. The van der Waals surface area contributed by atoms with Gasteiger partial charge in [0.05, 0.1) is 12.7 Å². The Bertz CT molecular complexity index is 511. The summed E-state index contributed by atoms with van der Waals surface area (Å²) in [6.07, 6.45) is 2.27. The fraction of sp³-hybridized carbons (Fsp3) is 0.611. The summed E-state index contributed by atoms with van der Waals surface area (Å²) in [5, 5.41) is 6.68. The van der Waals surface area contributed by atoms with Gasteiger partial charge in [-0.1, -0.05) is 23.8 Å². The monoisotopic (exact) mass is 319 g/mol. The Balaban J connectivity index is 1.63. The van der Waals surface area contributed by atoms with Gasteiger partial charge in [-0.2, -0.15) is 0 Å². The minimum absolute atomic E-state index is 0.289. The third kappa shape index (κ3) is 6.20. The molecular formula is C18H29N3O2. The molecule has 128 valence electrons. The van der Waals surface area contributed by atoms with E-state index in [1.54, 1.807) is 7.05 Å². The largest absolute Gasteiger partial charge is 0.379 e. The molecule has 0 aromatic heterocycles. The lowest BCUT2D eigenvalue weighted by atomic mass is 10.1. The third-order valence-electron chi connectivity index (χ3n) is 4.02. The van der Waals surface area contributed by atoms with E-state index in [0.717, 1.165) is 51.7 Å². The van der Waals surface area contributed by atoms with E-state index in [1.165, 1.54) is 16.7 Å². The fourth-order valence-electron chi connectivity index (χ4n) is 2.62. The van der Waals surface area contributed by atoms with Crippen LogP contribution in [0.15, 0.2) is 23.2 Å². The molecule has 0 amide bonds. The maximum Gasteiger partial charge on any atom is 0.191 e. The number of hydrogen-bond acceptors (Lipinski definition) is 3. The molecule has 1 aromatic rings. The first kappa shape index (κ1) is 17.8. The van der Waals surface area contributed by atoms with E-state index in [1.807, 2.05) is 0 Å². The molecule has 1 aliphatic rings. The van der Waals surface area contributed by atoms with Crippen LogP contribution in [0.2, 0.25) is 0 Å². The quantitative estimate of drug-likeness (QED) is 0.459. The van der Waals surface area contributed by atoms with Crippen LogP contribution in [-0.4, -0.2) is 45.5 Å². The fourth-order valence-corrected chi connectivity index (χ4v) is 2.62. The van der Waals surface area contributed by atoms with Crippen LogP contribution < -0.4 is 10.6 Å². The molecule has 1 unspecified atom stereocenters. The highest BCUT2D eigenvalue weighted by molar-refractivity contribution is 5.79. The number of hydrogen-bond donors (Lipinski definition) is 2.